The van der Waals surface area contributed by atoms with Crippen LogP contribution >= 0.6 is 11.6 Å². The summed E-state index contributed by atoms with van der Waals surface area (Å²) in [5, 5.41) is 0. The number of ether oxygens (including phenoxy) is 1. The molecule has 14 heavy (non-hydrogen) atoms. The van der Waals surface area contributed by atoms with Crippen LogP contribution in [0.25, 0.3) is 0 Å². The van der Waals surface area contributed by atoms with Gasteiger partial charge in [-0.1, -0.05) is 0 Å². The minimum Gasteiger partial charge on any atom is -0.467 e. The van der Waals surface area contributed by atoms with Crippen molar-refractivity contribution in [1.82, 2.24) is 4.90 Å². The third-order valence-corrected chi connectivity index (χ3v) is 2.54. The lowest BCUT2D eigenvalue weighted by atomic mass is 10.2. The maximum atomic E-state index is 11.5. The van der Waals surface area contributed by atoms with Gasteiger partial charge in [0.2, 0.25) is 5.91 Å². The highest BCUT2D eigenvalue weighted by molar-refractivity contribution is 6.18. The number of alkyl halides is 1. The van der Waals surface area contributed by atoms with Crippen LogP contribution in [0.3, 0.4) is 0 Å². The zero-order valence-corrected chi connectivity index (χ0v) is 8.92. The van der Waals surface area contributed by atoms with E-state index in [1.54, 1.807) is 4.90 Å². The Hall–Kier alpha value is -0.770. The molecule has 1 amide bonds. The lowest BCUT2D eigenvalue weighted by Crippen LogP contribution is -2.41. The van der Waals surface area contributed by atoms with Crippen molar-refractivity contribution in [2.45, 2.75) is 25.3 Å². The Bertz CT molecular complexity index is 232. The second-order valence-corrected chi connectivity index (χ2v) is 3.59. The Morgan fingerprint density at radius 1 is 1.57 bits per heavy atom. The monoisotopic (exact) mass is 219 g/mol. The summed E-state index contributed by atoms with van der Waals surface area (Å²) in [6.45, 7) is 0.634. The van der Waals surface area contributed by atoms with Crippen LogP contribution in [-0.2, 0) is 14.3 Å². The molecule has 4 nitrogen and oxygen atoms in total. The Morgan fingerprint density at radius 3 is 2.86 bits per heavy atom. The van der Waals surface area contributed by atoms with Gasteiger partial charge in [-0.05, 0) is 12.8 Å². The molecule has 0 N–H and O–H groups in total. The molecule has 0 aromatic heterocycles. The molecule has 0 bridgehead atoms. The lowest BCUT2D eigenvalue weighted by molar-refractivity contribution is -0.150. The van der Waals surface area contributed by atoms with Gasteiger partial charge >= 0.3 is 5.97 Å². The fourth-order valence-electron chi connectivity index (χ4n) is 1.67. The molecule has 0 aromatic carbocycles. The van der Waals surface area contributed by atoms with E-state index in [1.165, 1.54) is 7.11 Å². The van der Waals surface area contributed by atoms with Crippen LogP contribution in [0.4, 0.5) is 0 Å². The van der Waals surface area contributed by atoms with Crippen LogP contribution in [0.15, 0.2) is 0 Å². The van der Waals surface area contributed by atoms with Gasteiger partial charge in [0.1, 0.15) is 6.04 Å². The van der Waals surface area contributed by atoms with Crippen LogP contribution in [0.2, 0.25) is 0 Å². The van der Waals surface area contributed by atoms with E-state index in [-0.39, 0.29) is 18.3 Å². The van der Waals surface area contributed by atoms with Crippen LogP contribution in [0, 0.1) is 0 Å². The van der Waals surface area contributed by atoms with Crippen LogP contribution in [0.5, 0.6) is 0 Å². The average molecular weight is 220 g/mol. The summed E-state index contributed by atoms with van der Waals surface area (Å²) in [7, 11) is 1.34. The van der Waals surface area contributed by atoms with Gasteiger partial charge in [0, 0.05) is 18.8 Å². The number of amides is 1. The molecule has 1 fully saturated rings. The molecular weight excluding hydrogens is 206 g/mol. The first-order valence-corrected chi connectivity index (χ1v) is 5.17. The molecule has 0 saturated carbocycles. The van der Waals surface area contributed by atoms with Crippen molar-refractivity contribution < 1.29 is 14.3 Å². The summed E-state index contributed by atoms with van der Waals surface area (Å²) in [6, 6.07) is -0.393. The minimum atomic E-state index is -0.393. The van der Waals surface area contributed by atoms with Crippen molar-refractivity contribution >= 4 is 23.5 Å². The van der Waals surface area contributed by atoms with Crippen LogP contribution in [0.1, 0.15) is 19.3 Å². The maximum Gasteiger partial charge on any atom is 0.328 e. The lowest BCUT2D eigenvalue weighted by Gasteiger charge is -2.22. The highest BCUT2D eigenvalue weighted by Gasteiger charge is 2.34. The largest absolute Gasteiger partial charge is 0.467 e. The number of carbonyl (C=O) groups excluding carboxylic acids is 2. The standard InChI is InChI=1S/C9H14ClNO3/c1-14-9(13)7-3-2-6-11(7)8(12)4-5-10/h7H,2-6H2,1H3. The van der Waals surface area contributed by atoms with E-state index in [1.807, 2.05) is 0 Å². The number of esters is 1. The number of hydrogen-bond acceptors (Lipinski definition) is 3. The molecular formula is C9H14ClNO3. The second kappa shape index (κ2) is 5.20. The van der Waals surface area contributed by atoms with Gasteiger partial charge in [-0.3, -0.25) is 4.79 Å². The zero-order valence-electron chi connectivity index (χ0n) is 8.16. The van der Waals surface area contributed by atoms with Crippen molar-refractivity contribution in [2.75, 3.05) is 19.5 Å². The number of methoxy groups -OCH3 is 1. The van der Waals surface area contributed by atoms with Gasteiger partial charge in [-0.25, -0.2) is 4.79 Å². The topological polar surface area (TPSA) is 46.6 Å². The normalized spacial score (nSPS) is 21.0. The van der Waals surface area contributed by atoms with Crippen molar-refractivity contribution in [3.8, 4) is 0 Å². The number of likely N-dealkylation sites (tertiary alicyclic amines) is 1. The molecule has 1 aliphatic rings. The van der Waals surface area contributed by atoms with E-state index in [2.05, 4.69) is 4.74 Å². The van der Waals surface area contributed by atoms with Gasteiger partial charge in [0.05, 0.1) is 7.11 Å². The number of hydrogen-bond donors (Lipinski definition) is 0. The number of carbonyl (C=O) groups is 2. The Kier molecular flexibility index (Phi) is 4.20. The molecule has 0 spiro atoms. The average Bonchev–Trinajstić information content (AvgIpc) is 2.65. The fourth-order valence-corrected chi connectivity index (χ4v) is 1.83. The summed E-state index contributed by atoms with van der Waals surface area (Å²) in [5.74, 6) is -0.0956. The van der Waals surface area contributed by atoms with E-state index in [4.69, 9.17) is 11.6 Å². The highest BCUT2D eigenvalue weighted by Crippen LogP contribution is 2.19. The van der Waals surface area contributed by atoms with Gasteiger partial charge < -0.3 is 9.64 Å². The van der Waals surface area contributed by atoms with E-state index < -0.39 is 6.04 Å². The Balaban J connectivity index is 2.59. The van der Waals surface area contributed by atoms with E-state index in [9.17, 15) is 9.59 Å². The van der Waals surface area contributed by atoms with Gasteiger partial charge in [-0.2, -0.15) is 0 Å². The molecule has 5 heteroatoms. The highest BCUT2D eigenvalue weighted by atomic mass is 35.5. The third-order valence-electron chi connectivity index (χ3n) is 2.35. The summed E-state index contributed by atoms with van der Waals surface area (Å²) in [6.07, 6.45) is 1.84. The zero-order chi connectivity index (χ0) is 10.6. The van der Waals surface area contributed by atoms with Crippen molar-refractivity contribution in [3.63, 3.8) is 0 Å². The molecule has 1 heterocycles. The molecule has 1 rings (SSSR count). The first-order chi connectivity index (χ1) is 6.70. The molecule has 80 valence electrons. The number of rotatable bonds is 3. The fraction of sp³-hybridized carbons (Fsp3) is 0.778. The first-order valence-electron chi connectivity index (χ1n) is 4.64. The molecule has 0 aromatic rings. The van der Waals surface area contributed by atoms with Crippen molar-refractivity contribution in [2.24, 2.45) is 0 Å². The molecule has 1 saturated heterocycles. The molecule has 1 unspecified atom stereocenters. The van der Waals surface area contributed by atoms with Gasteiger partial charge in [-0.15, -0.1) is 11.6 Å². The first kappa shape index (κ1) is 11.3. The quantitative estimate of drug-likeness (QED) is 0.521. The summed E-state index contributed by atoms with van der Waals surface area (Å²) in [5.41, 5.74) is 0. The van der Waals surface area contributed by atoms with Gasteiger partial charge in [0.15, 0.2) is 0 Å². The predicted octanol–water partition coefficient (Wildman–Crippen LogP) is 0.779. The third kappa shape index (κ3) is 2.38. The second-order valence-electron chi connectivity index (χ2n) is 3.21. The summed E-state index contributed by atoms with van der Waals surface area (Å²) < 4.78 is 4.63. The van der Waals surface area contributed by atoms with Crippen molar-refractivity contribution in [3.05, 3.63) is 0 Å². The molecule has 1 aliphatic heterocycles. The predicted molar refractivity (Wildman–Crippen MR) is 52.1 cm³/mol. The molecule has 1 atom stereocenters. The maximum absolute atomic E-state index is 11.5. The van der Waals surface area contributed by atoms with Crippen LogP contribution in [-0.4, -0.2) is 42.4 Å². The minimum absolute atomic E-state index is 0.0621. The van der Waals surface area contributed by atoms with E-state index in [0.29, 0.717) is 18.8 Å². The van der Waals surface area contributed by atoms with Crippen LogP contribution < -0.4 is 0 Å². The van der Waals surface area contributed by atoms with E-state index >= 15 is 0 Å². The SMILES string of the molecule is COC(=O)C1CCCN1C(=O)CCCl. The Morgan fingerprint density at radius 2 is 2.29 bits per heavy atom. The van der Waals surface area contributed by atoms with Crippen molar-refractivity contribution in [1.29, 1.82) is 0 Å². The molecule has 0 radical (unpaired) electrons. The number of nitrogens with zero attached hydrogens (tertiary/aromatic N) is 1. The summed E-state index contributed by atoms with van der Waals surface area (Å²) in [4.78, 5) is 24.4. The van der Waals surface area contributed by atoms with Gasteiger partial charge in [0.25, 0.3) is 0 Å². The smallest absolute Gasteiger partial charge is 0.328 e. The van der Waals surface area contributed by atoms with E-state index in [0.717, 1.165) is 6.42 Å². The summed E-state index contributed by atoms with van der Waals surface area (Å²) >= 11 is 5.47. The number of halogens is 1. The Labute approximate surface area is 88.2 Å². The molecule has 0 aliphatic carbocycles.